The highest BCUT2D eigenvalue weighted by Gasteiger charge is 2.06. The summed E-state index contributed by atoms with van der Waals surface area (Å²) in [7, 11) is 3.49. The zero-order chi connectivity index (χ0) is 17.5. The van der Waals surface area contributed by atoms with E-state index in [0.717, 1.165) is 47.5 Å². The molecule has 2 aromatic rings. The van der Waals surface area contributed by atoms with Crippen LogP contribution >= 0.6 is 35.3 Å². The summed E-state index contributed by atoms with van der Waals surface area (Å²) in [6.45, 7) is 7.68. The largest absolute Gasteiger partial charge is 0.496 e. The van der Waals surface area contributed by atoms with Crippen molar-refractivity contribution >= 4 is 41.3 Å². The van der Waals surface area contributed by atoms with E-state index in [4.69, 9.17) is 4.74 Å². The molecule has 0 amide bonds. The molecule has 0 spiro atoms. The molecule has 25 heavy (non-hydrogen) atoms. The standard InChI is InChI=1S/C18H26N4OS.HI/c1-12-6-7-15(10-16(12)23-5)8-9-20-18(19-4)21-11-17-13(2)22-14(3)24-17;/h6-7,10H,8-9,11H2,1-5H3,(H2,19,20,21);1H. The molecule has 1 aromatic carbocycles. The van der Waals surface area contributed by atoms with Crippen LogP contribution in [0.5, 0.6) is 5.75 Å². The van der Waals surface area contributed by atoms with E-state index in [1.54, 1.807) is 25.5 Å². The molecule has 2 rings (SSSR count). The van der Waals surface area contributed by atoms with Gasteiger partial charge in [0.15, 0.2) is 5.96 Å². The van der Waals surface area contributed by atoms with Gasteiger partial charge >= 0.3 is 0 Å². The molecule has 7 heteroatoms. The van der Waals surface area contributed by atoms with Gasteiger partial charge in [-0.2, -0.15) is 0 Å². The maximum absolute atomic E-state index is 5.37. The van der Waals surface area contributed by atoms with Crippen LogP contribution in [0.1, 0.15) is 26.7 Å². The molecule has 0 saturated carbocycles. The van der Waals surface area contributed by atoms with Gasteiger partial charge in [-0.3, -0.25) is 4.99 Å². The number of thiazole rings is 1. The van der Waals surface area contributed by atoms with Gasteiger partial charge < -0.3 is 15.4 Å². The van der Waals surface area contributed by atoms with Gasteiger partial charge in [0.25, 0.3) is 0 Å². The van der Waals surface area contributed by atoms with Gasteiger partial charge in [-0.05, 0) is 44.4 Å². The maximum Gasteiger partial charge on any atom is 0.191 e. The predicted octanol–water partition coefficient (Wildman–Crippen LogP) is 3.60. The Morgan fingerprint density at radius 3 is 2.60 bits per heavy atom. The number of nitrogens with one attached hydrogen (secondary N) is 2. The molecule has 138 valence electrons. The first-order valence-corrected chi connectivity index (χ1v) is 8.86. The molecular formula is C18H27IN4OS. The molecule has 1 heterocycles. The zero-order valence-corrected chi connectivity index (χ0v) is 18.6. The minimum absolute atomic E-state index is 0. The number of aromatic nitrogens is 1. The van der Waals surface area contributed by atoms with E-state index in [1.807, 2.05) is 13.8 Å². The van der Waals surface area contributed by atoms with Gasteiger partial charge in [-0.1, -0.05) is 12.1 Å². The number of aryl methyl sites for hydroxylation is 3. The number of aliphatic imine (C=N–C) groups is 1. The lowest BCUT2D eigenvalue weighted by molar-refractivity contribution is 0.411. The SMILES string of the molecule is CN=C(NCCc1ccc(C)c(OC)c1)NCc1sc(C)nc1C.I. The molecule has 0 bridgehead atoms. The van der Waals surface area contributed by atoms with Crippen molar-refractivity contribution < 1.29 is 4.74 Å². The summed E-state index contributed by atoms with van der Waals surface area (Å²) in [6, 6.07) is 6.33. The fraction of sp³-hybridized carbons (Fsp3) is 0.444. The Balaban J connectivity index is 0.00000312. The first-order chi connectivity index (χ1) is 11.5. The minimum atomic E-state index is 0. The fourth-order valence-corrected chi connectivity index (χ4v) is 3.34. The van der Waals surface area contributed by atoms with Gasteiger partial charge in [0.1, 0.15) is 5.75 Å². The topological polar surface area (TPSA) is 58.5 Å². The van der Waals surface area contributed by atoms with Crippen molar-refractivity contribution in [2.45, 2.75) is 33.7 Å². The van der Waals surface area contributed by atoms with Gasteiger partial charge in [0.2, 0.25) is 0 Å². The van der Waals surface area contributed by atoms with Crippen LogP contribution in [0.4, 0.5) is 0 Å². The molecule has 0 aliphatic carbocycles. The molecule has 2 N–H and O–H groups in total. The molecule has 5 nitrogen and oxygen atoms in total. The van der Waals surface area contributed by atoms with Crippen LogP contribution in [0, 0.1) is 20.8 Å². The van der Waals surface area contributed by atoms with E-state index in [0.29, 0.717) is 0 Å². The molecule has 0 radical (unpaired) electrons. The van der Waals surface area contributed by atoms with Crippen molar-refractivity contribution in [2.24, 2.45) is 4.99 Å². The normalized spacial score (nSPS) is 11.0. The molecule has 0 aliphatic heterocycles. The van der Waals surface area contributed by atoms with E-state index >= 15 is 0 Å². The molecule has 0 saturated heterocycles. The average molecular weight is 474 g/mol. The minimum Gasteiger partial charge on any atom is -0.496 e. The number of guanidine groups is 1. The second-order valence-electron chi connectivity index (χ2n) is 5.65. The van der Waals surface area contributed by atoms with Crippen LogP contribution in [0.25, 0.3) is 0 Å². The monoisotopic (exact) mass is 474 g/mol. The van der Waals surface area contributed by atoms with Crippen molar-refractivity contribution in [3.8, 4) is 5.75 Å². The number of benzene rings is 1. The molecule has 0 unspecified atom stereocenters. The smallest absolute Gasteiger partial charge is 0.191 e. The van der Waals surface area contributed by atoms with Crippen LogP contribution in [0.3, 0.4) is 0 Å². The second-order valence-corrected chi connectivity index (χ2v) is 6.94. The quantitative estimate of drug-likeness (QED) is 0.382. The lowest BCUT2D eigenvalue weighted by Crippen LogP contribution is -2.37. The molecule has 0 aliphatic rings. The Bertz CT molecular complexity index is 715. The summed E-state index contributed by atoms with van der Waals surface area (Å²) in [5, 5.41) is 7.79. The van der Waals surface area contributed by atoms with Gasteiger partial charge in [-0.15, -0.1) is 35.3 Å². The summed E-state index contributed by atoms with van der Waals surface area (Å²) in [6.07, 6.45) is 0.913. The number of methoxy groups -OCH3 is 1. The first-order valence-electron chi connectivity index (χ1n) is 8.04. The highest BCUT2D eigenvalue weighted by atomic mass is 127. The molecule has 1 aromatic heterocycles. The second kappa shape index (κ2) is 10.6. The van der Waals surface area contributed by atoms with Gasteiger partial charge in [-0.25, -0.2) is 4.98 Å². The van der Waals surface area contributed by atoms with Crippen molar-refractivity contribution in [1.82, 2.24) is 15.6 Å². The van der Waals surface area contributed by atoms with Crippen molar-refractivity contribution in [2.75, 3.05) is 20.7 Å². The molecule has 0 fully saturated rings. The number of ether oxygens (including phenoxy) is 1. The number of halogens is 1. The summed E-state index contributed by atoms with van der Waals surface area (Å²) >= 11 is 1.72. The number of rotatable bonds is 6. The third kappa shape index (κ3) is 6.47. The van der Waals surface area contributed by atoms with Gasteiger partial charge in [0.05, 0.1) is 24.4 Å². The summed E-state index contributed by atoms with van der Waals surface area (Å²) in [4.78, 5) is 9.97. The third-order valence-electron chi connectivity index (χ3n) is 3.82. The van der Waals surface area contributed by atoms with Crippen LogP contribution in [-0.2, 0) is 13.0 Å². The first kappa shape index (κ1) is 21.7. The Hall–Kier alpha value is -1.35. The summed E-state index contributed by atoms with van der Waals surface area (Å²) in [5.41, 5.74) is 3.49. The lowest BCUT2D eigenvalue weighted by atomic mass is 10.1. The Labute approximate surface area is 171 Å². The predicted molar refractivity (Wildman–Crippen MR) is 117 cm³/mol. The maximum atomic E-state index is 5.37. The number of nitrogens with zero attached hydrogens (tertiary/aromatic N) is 2. The van der Waals surface area contributed by atoms with Crippen LogP contribution in [0.2, 0.25) is 0 Å². The number of hydrogen-bond acceptors (Lipinski definition) is 4. The fourth-order valence-electron chi connectivity index (χ4n) is 2.47. The summed E-state index contributed by atoms with van der Waals surface area (Å²) < 4.78 is 5.37. The van der Waals surface area contributed by atoms with E-state index < -0.39 is 0 Å². The van der Waals surface area contributed by atoms with Crippen molar-refractivity contribution in [1.29, 1.82) is 0 Å². The highest BCUT2D eigenvalue weighted by molar-refractivity contribution is 14.0. The van der Waals surface area contributed by atoms with E-state index in [-0.39, 0.29) is 24.0 Å². The van der Waals surface area contributed by atoms with Crippen LogP contribution < -0.4 is 15.4 Å². The van der Waals surface area contributed by atoms with E-state index in [1.165, 1.54) is 10.4 Å². The molecular weight excluding hydrogens is 447 g/mol. The lowest BCUT2D eigenvalue weighted by Gasteiger charge is -2.12. The number of hydrogen-bond donors (Lipinski definition) is 2. The van der Waals surface area contributed by atoms with Crippen molar-refractivity contribution in [3.05, 3.63) is 44.9 Å². The van der Waals surface area contributed by atoms with Crippen LogP contribution in [0.15, 0.2) is 23.2 Å². The Kier molecular flexibility index (Phi) is 9.20. The zero-order valence-electron chi connectivity index (χ0n) is 15.5. The molecule has 0 atom stereocenters. The third-order valence-corrected chi connectivity index (χ3v) is 4.89. The van der Waals surface area contributed by atoms with Crippen molar-refractivity contribution in [3.63, 3.8) is 0 Å². The Morgan fingerprint density at radius 1 is 1.24 bits per heavy atom. The van der Waals surface area contributed by atoms with Crippen LogP contribution in [-0.4, -0.2) is 31.6 Å². The van der Waals surface area contributed by atoms with E-state index in [9.17, 15) is 0 Å². The average Bonchev–Trinajstić information content (AvgIpc) is 2.89. The van der Waals surface area contributed by atoms with Gasteiger partial charge in [0, 0.05) is 18.5 Å². The van der Waals surface area contributed by atoms with E-state index in [2.05, 4.69) is 45.7 Å². The summed E-state index contributed by atoms with van der Waals surface area (Å²) in [5.74, 6) is 1.74. The Morgan fingerprint density at radius 2 is 2.00 bits per heavy atom. The highest BCUT2D eigenvalue weighted by Crippen LogP contribution is 2.19.